The molecule has 1 aromatic heterocycles. The number of aromatic nitrogens is 1. The highest BCUT2D eigenvalue weighted by Crippen LogP contribution is 2.27. The predicted octanol–water partition coefficient (Wildman–Crippen LogP) is 2.59. The van der Waals surface area contributed by atoms with E-state index < -0.39 is 0 Å². The van der Waals surface area contributed by atoms with Gasteiger partial charge in [0, 0.05) is 5.69 Å². The van der Waals surface area contributed by atoms with Gasteiger partial charge in [0.25, 0.3) is 0 Å². The van der Waals surface area contributed by atoms with Crippen LogP contribution in [0.1, 0.15) is 16.8 Å². The molecule has 21 heavy (non-hydrogen) atoms. The van der Waals surface area contributed by atoms with Crippen molar-refractivity contribution in [1.29, 1.82) is 0 Å². The molecule has 0 spiro atoms. The number of ether oxygens (including phenoxy) is 2. The van der Waals surface area contributed by atoms with Gasteiger partial charge in [-0.1, -0.05) is 5.16 Å². The lowest BCUT2D eigenvalue weighted by molar-refractivity contribution is 0.318. The first-order chi connectivity index (χ1) is 10.0. The molecule has 3 N–H and O–H groups in total. The zero-order valence-corrected chi connectivity index (χ0v) is 12.1. The van der Waals surface area contributed by atoms with Crippen LogP contribution in [0, 0.1) is 13.8 Å². The average molecular weight is 287 g/mol. The first kappa shape index (κ1) is 14.6. The Bertz CT molecular complexity index is 667. The summed E-state index contributed by atoms with van der Waals surface area (Å²) in [7, 11) is 1.60. The number of pyridine rings is 1. The van der Waals surface area contributed by atoms with Crippen molar-refractivity contribution >= 4 is 5.84 Å². The van der Waals surface area contributed by atoms with Crippen molar-refractivity contribution in [1.82, 2.24) is 4.98 Å². The summed E-state index contributed by atoms with van der Waals surface area (Å²) >= 11 is 0. The lowest BCUT2D eigenvalue weighted by Crippen LogP contribution is -2.17. The minimum Gasteiger partial charge on any atom is -0.497 e. The van der Waals surface area contributed by atoms with E-state index >= 15 is 0 Å². The Labute approximate surface area is 122 Å². The predicted molar refractivity (Wildman–Crippen MR) is 79.3 cm³/mol. The molecule has 0 bridgehead atoms. The number of hydrogen-bond acceptors (Lipinski definition) is 5. The molecule has 110 valence electrons. The third kappa shape index (κ3) is 3.22. The summed E-state index contributed by atoms with van der Waals surface area (Å²) < 4.78 is 10.8. The van der Waals surface area contributed by atoms with Gasteiger partial charge in [-0.15, -0.1) is 0 Å². The van der Waals surface area contributed by atoms with Gasteiger partial charge in [-0.3, -0.25) is 0 Å². The monoisotopic (exact) mass is 287 g/mol. The van der Waals surface area contributed by atoms with E-state index in [1.54, 1.807) is 31.4 Å². The number of benzene rings is 1. The molecule has 1 aromatic carbocycles. The smallest absolute Gasteiger partial charge is 0.230 e. The summed E-state index contributed by atoms with van der Waals surface area (Å²) in [5.74, 6) is 1.57. The van der Waals surface area contributed by atoms with Crippen LogP contribution in [0.3, 0.4) is 0 Å². The van der Waals surface area contributed by atoms with Crippen molar-refractivity contribution in [3.63, 3.8) is 0 Å². The Hall–Kier alpha value is -2.76. The standard InChI is InChI=1S/C15H17N3O3/c1-9-8-10(2)17-15(13(9)14(16)18-19)21-12-6-4-11(20-3)5-7-12/h4-8,19H,1-3H3,(H2,16,18). The summed E-state index contributed by atoms with van der Waals surface area (Å²) in [4.78, 5) is 4.32. The SMILES string of the molecule is COc1ccc(Oc2nc(C)cc(C)c2/C(N)=N/O)cc1. The van der Waals surface area contributed by atoms with Crippen LogP contribution in [-0.4, -0.2) is 23.1 Å². The molecule has 6 nitrogen and oxygen atoms in total. The number of methoxy groups -OCH3 is 1. The normalized spacial score (nSPS) is 11.3. The molecule has 0 aliphatic carbocycles. The second kappa shape index (κ2) is 6.13. The number of amidine groups is 1. The topological polar surface area (TPSA) is 90.0 Å². The maximum Gasteiger partial charge on any atom is 0.230 e. The van der Waals surface area contributed by atoms with Crippen molar-refractivity contribution in [2.24, 2.45) is 10.9 Å². The second-order valence-electron chi connectivity index (χ2n) is 4.52. The summed E-state index contributed by atoms with van der Waals surface area (Å²) in [5, 5.41) is 11.9. The Morgan fingerprint density at radius 1 is 1.19 bits per heavy atom. The largest absolute Gasteiger partial charge is 0.497 e. The summed E-state index contributed by atoms with van der Waals surface area (Å²) in [6, 6.07) is 8.92. The van der Waals surface area contributed by atoms with Crippen molar-refractivity contribution in [3.8, 4) is 17.4 Å². The van der Waals surface area contributed by atoms with E-state index in [1.807, 2.05) is 19.9 Å². The number of hydrogen-bond donors (Lipinski definition) is 2. The van der Waals surface area contributed by atoms with Gasteiger partial charge in [-0.2, -0.15) is 0 Å². The molecule has 0 fully saturated rings. The Morgan fingerprint density at radius 3 is 2.38 bits per heavy atom. The third-order valence-corrected chi connectivity index (χ3v) is 2.95. The molecule has 0 aliphatic heterocycles. The van der Waals surface area contributed by atoms with Crippen molar-refractivity contribution in [2.75, 3.05) is 7.11 Å². The Balaban J connectivity index is 2.42. The van der Waals surface area contributed by atoms with Crippen LogP contribution in [-0.2, 0) is 0 Å². The minimum atomic E-state index is -0.0384. The van der Waals surface area contributed by atoms with Crippen LogP contribution in [0.5, 0.6) is 17.4 Å². The molecule has 0 amide bonds. The van der Waals surface area contributed by atoms with E-state index in [9.17, 15) is 0 Å². The summed E-state index contributed by atoms with van der Waals surface area (Å²) in [6.07, 6.45) is 0. The highest BCUT2D eigenvalue weighted by Gasteiger charge is 2.15. The maximum atomic E-state index is 8.90. The van der Waals surface area contributed by atoms with Crippen LogP contribution >= 0.6 is 0 Å². The number of nitrogens with two attached hydrogens (primary N) is 1. The van der Waals surface area contributed by atoms with E-state index in [0.717, 1.165) is 17.0 Å². The molecule has 2 rings (SSSR count). The molecule has 0 saturated carbocycles. The van der Waals surface area contributed by atoms with Crippen LogP contribution < -0.4 is 15.2 Å². The number of nitrogens with zero attached hydrogens (tertiary/aromatic N) is 2. The molecule has 6 heteroatoms. The molecule has 0 saturated heterocycles. The molecule has 0 atom stereocenters. The van der Waals surface area contributed by atoms with Gasteiger partial charge in [0.1, 0.15) is 11.5 Å². The van der Waals surface area contributed by atoms with E-state index in [-0.39, 0.29) is 5.84 Å². The number of rotatable bonds is 4. The van der Waals surface area contributed by atoms with Crippen LogP contribution in [0.2, 0.25) is 0 Å². The lowest BCUT2D eigenvalue weighted by Gasteiger charge is -2.13. The van der Waals surface area contributed by atoms with E-state index in [0.29, 0.717) is 17.2 Å². The first-order valence-corrected chi connectivity index (χ1v) is 6.33. The Kier molecular flexibility index (Phi) is 4.27. The molecule has 1 heterocycles. The quantitative estimate of drug-likeness (QED) is 0.390. The summed E-state index contributed by atoms with van der Waals surface area (Å²) in [5.41, 5.74) is 7.78. The fourth-order valence-electron chi connectivity index (χ4n) is 1.99. The van der Waals surface area contributed by atoms with Gasteiger partial charge in [0.2, 0.25) is 5.88 Å². The minimum absolute atomic E-state index is 0.0384. The van der Waals surface area contributed by atoms with E-state index in [1.165, 1.54) is 0 Å². The van der Waals surface area contributed by atoms with Gasteiger partial charge < -0.3 is 20.4 Å². The van der Waals surface area contributed by atoms with E-state index in [2.05, 4.69) is 10.1 Å². The number of aryl methyl sites for hydroxylation is 2. The zero-order valence-electron chi connectivity index (χ0n) is 12.1. The van der Waals surface area contributed by atoms with Crippen molar-refractivity contribution < 1.29 is 14.7 Å². The fraction of sp³-hybridized carbons (Fsp3) is 0.200. The molecule has 0 unspecified atom stereocenters. The first-order valence-electron chi connectivity index (χ1n) is 6.33. The van der Waals surface area contributed by atoms with Crippen LogP contribution in [0.25, 0.3) is 0 Å². The van der Waals surface area contributed by atoms with E-state index in [4.69, 9.17) is 20.4 Å². The Morgan fingerprint density at radius 2 is 1.81 bits per heavy atom. The second-order valence-corrected chi connectivity index (χ2v) is 4.52. The maximum absolute atomic E-state index is 8.90. The van der Waals surface area contributed by atoms with Crippen LogP contribution in [0.4, 0.5) is 0 Å². The molecule has 0 aliphatic rings. The lowest BCUT2D eigenvalue weighted by atomic mass is 10.1. The zero-order chi connectivity index (χ0) is 15.4. The number of oxime groups is 1. The van der Waals surface area contributed by atoms with Gasteiger partial charge in [0.15, 0.2) is 5.84 Å². The van der Waals surface area contributed by atoms with Gasteiger partial charge in [-0.05, 0) is 49.7 Å². The highest BCUT2D eigenvalue weighted by atomic mass is 16.5. The molecular weight excluding hydrogens is 270 g/mol. The van der Waals surface area contributed by atoms with Crippen molar-refractivity contribution in [3.05, 3.63) is 47.2 Å². The van der Waals surface area contributed by atoms with Gasteiger partial charge in [0.05, 0.1) is 12.7 Å². The molecule has 2 aromatic rings. The third-order valence-electron chi connectivity index (χ3n) is 2.95. The fourth-order valence-corrected chi connectivity index (χ4v) is 1.99. The van der Waals surface area contributed by atoms with Crippen molar-refractivity contribution in [2.45, 2.75) is 13.8 Å². The van der Waals surface area contributed by atoms with Gasteiger partial charge in [-0.25, -0.2) is 4.98 Å². The summed E-state index contributed by atoms with van der Waals surface area (Å²) in [6.45, 7) is 3.70. The molecule has 0 radical (unpaired) electrons. The van der Waals surface area contributed by atoms with Gasteiger partial charge >= 0.3 is 0 Å². The van der Waals surface area contributed by atoms with Crippen LogP contribution in [0.15, 0.2) is 35.5 Å². The molecular formula is C15H17N3O3. The average Bonchev–Trinajstić information content (AvgIpc) is 2.47. The highest BCUT2D eigenvalue weighted by molar-refractivity contribution is 6.00.